The second-order valence-corrected chi connectivity index (χ2v) is 5.11. The maximum absolute atomic E-state index is 11.1. The van der Waals surface area contributed by atoms with Crippen LogP contribution in [-0.2, 0) is 5.54 Å². The van der Waals surface area contributed by atoms with E-state index in [4.69, 9.17) is 11.3 Å². The van der Waals surface area contributed by atoms with Crippen LogP contribution in [0.2, 0.25) is 0 Å². The molecule has 0 radical (unpaired) electrons. The van der Waals surface area contributed by atoms with Crippen LogP contribution in [0.3, 0.4) is 0 Å². The summed E-state index contributed by atoms with van der Waals surface area (Å²) in [5, 5.41) is 11.1. The largest absolute Gasteiger partial charge is 0.496 e. The van der Waals surface area contributed by atoms with Gasteiger partial charge in [-0.25, -0.2) is 6.57 Å². The molecule has 0 amide bonds. The fourth-order valence-electron chi connectivity index (χ4n) is 2.18. The van der Waals surface area contributed by atoms with Crippen molar-refractivity contribution in [3.05, 3.63) is 43.7 Å². The van der Waals surface area contributed by atoms with Gasteiger partial charge < -0.3 is 9.58 Å². The SMILES string of the molecule is [C-]#[N+]C1(c2cc(OC)c(Br)cc2[N+](=O)[O-])CCC1. The third-order valence-corrected chi connectivity index (χ3v) is 3.98. The van der Waals surface area contributed by atoms with Gasteiger partial charge >= 0.3 is 0 Å². The summed E-state index contributed by atoms with van der Waals surface area (Å²) < 4.78 is 5.68. The molecule has 18 heavy (non-hydrogen) atoms. The molecule has 0 atom stereocenters. The van der Waals surface area contributed by atoms with E-state index in [9.17, 15) is 10.1 Å². The Balaban J connectivity index is 2.64. The zero-order valence-electron chi connectivity index (χ0n) is 9.77. The van der Waals surface area contributed by atoms with Crippen molar-refractivity contribution in [2.45, 2.75) is 24.8 Å². The lowest BCUT2D eigenvalue weighted by atomic mass is 9.72. The lowest BCUT2D eigenvalue weighted by molar-refractivity contribution is -0.386. The van der Waals surface area contributed by atoms with Gasteiger partial charge in [0.2, 0.25) is 0 Å². The molecule has 1 aliphatic rings. The highest BCUT2D eigenvalue weighted by Crippen LogP contribution is 2.50. The van der Waals surface area contributed by atoms with Gasteiger partial charge in [-0.3, -0.25) is 10.1 Å². The minimum atomic E-state index is -0.740. The number of rotatable bonds is 3. The van der Waals surface area contributed by atoms with Gasteiger partial charge in [0, 0.05) is 18.9 Å². The predicted octanol–water partition coefficient (Wildman–Crippen LogP) is 3.66. The predicted molar refractivity (Wildman–Crippen MR) is 69.5 cm³/mol. The summed E-state index contributed by atoms with van der Waals surface area (Å²) in [5.41, 5.74) is -0.289. The average molecular weight is 311 g/mol. The third-order valence-electron chi connectivity index (χ3n) is 3.36. The minimum absolute atomic E-state index is 0.0154. The number of nitro benzene ring substituents is 1. The molecule has 0 saturated heterocycles. The van der Waals surface area contributed by atoms with Crippen LogP contribution in [0.5, 0.6) is 5.75 Å². The van der Waals surface area contributed by atoms with Crippen molar-refractivity contribution in [2.24, 2.45) is 0 Å². The standard InChI is InChI=1S/C12H11BrN2O3/c1-14-12(4-3-5-12)8-6-11(18-2)9(13)7-10(8)15(16)17/h6-7H,3-5H2,2H3. The van der Waals surface area contributed by atoms with Crippen LogP contribution in [0.4, 0.5) is 5.69 Å². The fraction of sp³-hybridized carbons (Fsp3) is 0.417. The maximum atomic E-state index is 11.1. The Kier molecular flexibility index (Phi) is 3.26. The monoisotopic (exact) mass is 310 g/mol. The molecule has 0 bridgehead atoms. The Morgan fingerprint density at radius 3 is 2.61 bits per heavy atom. The van der Waals surface area contributed by atoms with Crippen LogP contribution in [0.15, 0.2) is 16.6 Å². The minimum Gasteiger partial charge on any atom is -0.496 e. The summed E-state index contributed by atoms with van der Waals surface area (Å²) in [6.45, 7) is 7.31. The van der Waals surface area contributed by atoms with Crippen LogP contribution in [0.25, 0.3) is 4.85 Å². The zero-order chi connectivity index (χ0) is 13.3. The van der Waals surface area contributed by atoms with Crippen molar-refractivity contribution in [3.8, 4) is 5.75 Å². The van der Waals surface area contributed by atoms with Crippen molar-refractivity contribution < 1.29 is 9.66 Å². The van der Waals surface area contributed by atoms with Crippen LogP contribution in [-0.4, -0.2) is 12.0 Å². The van der Waals surface area contributed by atoms with Gasteiger partial charge in [0.25, 0.3) is 11.2 Å². The number of hydrogen-bond donors (Lipinski definition) is 0. The van der Waals surface area contributed by atoms with Gasteiger partial charge in [-0.05, 0) is 28.4 Å². The van der Waals surface area contributed by atoms with E-state index >= 15 is 0 Å². The van der Waals surface area contributed by atoms with Gasteiger partial charge in [-0.15, -0.1) is 0 Å². The molecule has 0 aromatic heterocycles. The van der Waals surface area contributed by atoms with E-state index in [0.29, 0.717) is 28.6 Å². The van der Waals surface area contributed by atoms with Crippen molar-refractivity contribution in [2.75, 3.05) is 7.11 Å². The average Bonchev–Trinajstić information content (AvgIpc) is 2.29. The number of ether oxygens (including phenoxy) is 1. The molecular weight excluding hydrogens is 300 g/mol. The first-order valence-electron chi connectivity index (χ1n) is 5.45. The lowest BCUT2D eigenvalue weighted by Crippen LogP contribution is -2.31. The topological polar surface area (TPSA) is 56.7 Å². The number of methoxy groups -OCH3 is 1. The van der Waals surface area contributed by atoms with Gasteiger partial charge in [-0.2, -0.15) is 0 Å². The van der Waals surface area contributed by atoms with E-state index in [0.717, 1.165) is 6.42 Å². The molecule has 0 aliphatic heterocycles. The summed E-state index contributed by atoms with van der Waals surface area (Å²) in [6, 6.07) is 3.03. The van der Waals surface area contributed by atoms with E-state index in [2.05, 4.69) is 20.8 Å². The summed E-state index contributed by atoms with van der Waals surface area (Å²) in [5.74, 6) is 0.519. The Morgan fingerprint density at radius 2 is 2.22 bits per heavy atom. The first-order chi connectivity index (χ1) is 8.54. The van der Waals surface area contributed by atoms with Gasteiger partial charge in [0.1, 0.15) is 11.3 Å². The molecule has 1 aromatic carbocycles. The van der Waals surface area contributed by atoms with E-state index in [1.165, 1.54) is 13.2 Å². The molecule has 1 fully saturated rings. The Bertz CT molecular complexity index is 547. The summed E-state index contributed by atoms with van der Waals surface area (Å²) in [6.07, 6.45) is 2.27. The normalized spacial score (nSPS) is 16.5. The van der Waals surface area contributed by atoms with Gasteiger partial charge in [-0.1, -0.05) is 0 Å². The first-order valence-corrected chi connectivity index (χ1v) is 6.24. The molecule has 1 aromatic rings. The molecule has 0 unspecified atom stereocenters. The van der Waals surface area contributed by atoms with E-state index in [-0.39, 0.29) is 5.69 Å². The van der Waals surface area contributed by atoms with Crippen LogP contribution < -0.4 is 4.74 Å². The Morgan fingerprint density at radius 1 is 1.56 bits per heavy atom. The lowest BCUT2D eigenvalue weighted by Gasteiger charge is -2.30. The van der Waals surface area contributed by atoms with E-state index in [1.807, 2.05) is 0 Å². The zero-order valence-corrected chi connectivity index (χ0v) is 11.4. The molecule has 1 aliphatic carbocycles. The molecule has 0 heterocycles. The highest BCUT2D eigenvalue weighted by Gasteiger charge is 2.50. The maximum Gasteiger partial charge on any atom is 0.282 e. The van der Waals surface area contributed by atoms with Crippen molar-refractivity contribution >= 4 is 21.6 Å². The Labute approximate surface area is 113 Å². The second kappa shape index (κ2) is 4.58. The van der Waals surface area contributed by atoms with Crippen molar-refractivity contribution in [1.29, 1.82) is 0 Å². The fourth-order valence-corrected chi connectivity index (χ4v) is 2.67. The molecule has 5 nitrogen and oxygen atoms in total. The molecule has 1 saturated carbocycles. The number of hydrogen-bond acceptors (Lipinski definition) is 3. The number of benzene rings is 1. The highest BCUT2D eigenvalue weighted by molar-refractivity contribution is 9.10. The van der Waals surface area contributed by atoms with Crippen molar-refractivity contribution in [1.82, 2.24) is 0 Å². The molecule has 0 spiro atoms. The smallest absolute Gasteiger partial charge is 0.282 e. The quantitative estimate of drug-likeness (QED) is 0.486. The number of halogens is 1. The van der Waals surface area contributed by atoms with Crippen LogP contribution in [0.1, 0.15) is 24.8 Å². The van der Waals surface area contributed by atoms with Crippen LogP contribution >= 0.6 is 15.9 Å². The van der Waals surface area contributed by atoms with E-state index in [1.54, 1.807) is 6.07 Å². The summed E-state index contributed by atoms with van der Waals surface area (Å²) in [4.78, 5) is 14.3. The molecular formula is C12H11BrN2O3. The number of nitrogens with zero attached hydrogens (tertiary/aromatic N) is 2. The molecule has 6 heteroatoms. The second-order valence-electron chi connectivity index (χ2n) is 4.26. The van der Waals surface area contributed by atoms with Gasteiger partial charge in [0.05, 0.1) is 16.5 Å². The van der Waals surface area contributed by atoms with Crippen molar-refractivity contribution in [3.63, 3.8) is 0 Å². The Hall–Kier alpha value is -1.61. The highest BCUT2D eigenvalue weighted by atomic mass is 79.9. The number of nitro groups is 1. The molecule has 0 N–H and O–H groups in total. The van der Waals surface area contributed by atoms with Crippen LogP contribution in [0, 0.1) is 16.7 Å². The molecule has 94 valence electrons. The first kappa shape index (κ1) is 12.8. The third kappa shape index (κ3) is 1.85. The summed E-state index contributed by atoms with van der Waals surface area (Å²) in [7, 11) is 1.50. The van der Waals surface area contributed by atoms with E-state index < -0.39 is 10.5 Å². The molecule has 2 rings (SSSR count). The van der Waals surface area contributed by atoms with Gasteiger partial charge in [0.15, 0.2) is 0 Å². The summed E-state index contributed by atoms with van der Waals surface area (Å²) >= 11 is 3.23.